The number of rotatable bonds is 11. The van der Waals surface area contributed by atoms with E-state index in [1.807, 2.05) is 23.8 Å². The van der Waals surface area contributed by atoms with E-state index < -0.39 is 11.8 Å². The van der Waals surface area contributed by atoms with Crippen LogP contribution in [0.25, 0.3) is 11.1 Å². The van der Waals surface area contributed by atoms with E-state index in [9.17, 15) is 14.3 Å². The number of hydrogen-bond donors (Lipinski definition) is 2. The number of nitrogens with two attached hydrogens (primary N) is 1. The predicted molar refractivity (Wildman–Crippen MR) is 142 cm³/mol. The first kappa shape index (κ1) is 26.5. The molecule has 4 rings (SSSR count). The van der Waals surface area contributed by atoms with Crippen LogP contribution in [-0.4, -0.2) is 22.6 Å². The van der Waals surface area contributed by atoms with Gasteiger partial charge in [0.1, 0.15) is 11.4 Å². The summed E-state index contributed by atoms with van der Waals surface area (Å²) in [6.07, 6.45) is 10.5. The van der Waals surface area contributed by atoms with Crippen molar-refractivity contribution < 1.29 is 19.0 Å². The largest absolute Gasteiger partial charge is 0.478 e. The number of thiazole rings is 1. The Morgan fingerprint density at radius 1 is 1.22 bits per heavy atom. The zero-order chi connectivity index (χ0) is 25.5. The third-order valence-corrected chi connectivity index (χ3v) is 8.40. The Kier molecular flexibility index (Phi) is 8.88. The number of aromatic nitrogens is 1. The lowest BCUT2D eigenvalue weighted by molar-refractivity contribution is -0.113. The second-order valence-electron chi connectivity index (χ2n) is 9.62. The third-order valence-electron chi connectivity index (χ3n) is 7.47. The maximum Gasteiger partial charge on any atom is 0.338 e. The number of ether oxygens (including phenoxy) is 1. The molecule has 36 heavy (non-hydrogen) atoms. The molecule has 1 heterocycles. The molecule has 1 aromatic heterocycles. The standard InChI is InChI=1S/C29H35FN2O3S/c1-2-29(27-17-32-19-36-27,23-8-4-3-5-9-23)35-18-20-10-12-24(21(15-20)7-6-14-31)22-11-13-25(28(33)34)26(30)16-22/h10-13,15-17,19,23H,2-9,14,18,31H2,1H3,(H,33,34). The minimum Gasteiger partial charge on any atom is -0.478 e. The predicted octanol–water partition coefficient (Wildman–Crippen LogP) is 6.94. The van der Waals surface area contributed by atoms with Gasteiger partial charge in [0.05, 0.1) is 22.6 Å². The van der Waals surface area contributed by atoms with Crippen molar-refractivity contribution in [2.45, 2.75) is 70.5 Å². The van der Waals surface area contributed by atoms with Gasteiger partial charge in [-0.2, -0.15) is 0 Å². The van der Waals surface area contributed by atoms with E-state index in [2.05, 4.69) is 18.0 Å². The van der Waals surface area contributed by atoms with Crippen molar-refractivity contribution in [1.29, 1.82) is 0 Å². The lowest BCUT2D eigenvalue weighted by Crippen LogP contribution is -2.38. The molecule has 0 spiro atoms. The van der Waals surface area contributed by atoms with Crippen LogP contribution >= 0.6 is 11.3 Å². The van der Waals surface area contributed by atoms with Crippen LogP contribution in [0.15, 0.2) is 48.1 Å². The molecule has 2 aromatic carbocycles. The van der Waals surface area contributed by atoms with Crippen LogP contribution in [0.3, 0.4) is 0 Å². The van der Waals surface area contributed by atoms with E-state index >= 15 is 0 Å². The highest BCUT2D eigenvalue weighted by atomic mass is 32.1. The number of carboxylic acid groups (broad SMARTS) is 1. The Labute approximate surface area is 216 Å². The van der Waals surface area contributed by atoms with Gasteiger partial charge in [0.15, 0.2) is 0 Å². The number of halogens is 1. The summed E-state index contributed by atoms with van der Waals surface area (Å²) in [5, 5.41) is 9.17. The lowest BCUT2D eigenvalue weighted by atomic mass is 9.74. The van der Waals surface area contributed by atoms with E-state index in [1.165, 1.54) is 49.1 Å². The van der Waals surface area contributed by atoms with Crippen molar-refractivity contribution in [2.24, 2.45) is 11.7 Å². The molecular weight excluding hydrogens is 475 g/mol. The Morgan fingerprint density at radius 2 is 2.03 bits per heavy atom. The molecule has 3 aromatic rings. The molecule has 7 heteroatoms. The van der Waals surface area contributed by atoms with E-state index in [0.29, 0.717) is 24.6 Å². The van der Waals surface area contributed by atoms with Crippen LogP contribution in [0.1, 0.15) is 78.2 Å². The minimum atomic E-state index is -1.27. The first-order chi connectivity index (χ1) is 17.5. The van der Waals surface area contributed by atoms with Crippen LogP contribution in [0.5, 0.6) is 0 Å². The number of nitrogens with zero attached hydrogens (tertiary/aromatic N) is 1. The van der Waals surface area contributed by atoms with Crippen LogP contribution in [-0.2, 0) is 23.4 Å². The monoisotopic (exact) mass is 510 g/mol. The molecule has 1 saturated carbocycles. The van der Waals surface area contributed by atoms with Gasteiger partial charge in [-0.3, -0.25) is 4.98 Å². The Bertz CT molecular complexity index is 1160. The SMILES string of the molecule is CCC(OCc1ccc(-c2ccc(C(=O)O)c(F)c2)c(CCCN)c1)(c1cncs1)C1CCCCC1. The molecular formula is C29H35FN2O3S. The fourth-order valence-corrected chi connectivity index (χ4v) is 6.46. The average Bonchev–Trinajstić information content (AvgIpc) is 3.44. The van der Waals surface area contributed by atoms with Gasteiger partial charge in [-0.05, 0) is 79.0 Å². The molecule has 0 amide bonds. The third kappa shape index (κ3) is 5.69. The van der Waals surface area contributed by atoms with E-state index in [-0.39, 0.29) is 11.2 Å². The highest BCUT2D eigenvalue weighted by Crippen LogP contribution is 2.46. The Morgan fingerprint density at radius 3 is 2.67 bits per heavy atom. The smallest absolute Gasteiger partial charge is 0.338 e. The number of carbonyl (C=O) groups is 1. The van der Waals surface area contributed by atoms with Gasteiger partial charge in [-0.25, -0.2) is 9.18 Å². The number of carboxylic acids is 1. The van der Waals surface area contributed by atoms with E-state index in [0.717, 1.165) is 36.0 Å². The van der Waals surface area contributed by atoms with Crippen LogP contribution in [0, 0.1) is 11.7 Å². The molecule has 3 N–H and O–H groups in total. The van der Waals surface area contributed by atoms with Crippen molar-refractivity contribution in [3.05, 3.63) is 75.5 Å². The molecule has 5 nitrogen and oxygen atoms in total. The van der Waals surface area contributed by atoms with Gasteiger partial charge >= 0.3 is 5.97 Å². The van der Waals surface area contributed by atoms with Gasteiger partial charge in [0.2, 0.25) is 0 Å². The first-order valence-electron chi connectivity index (χ1n) is 12.9. The zero-order valence-electron chi connectivity index (χ0n) is 20.8. The first-order valence-corrected chi connectivity index (χ1v) is 13.7. The lowest BCUT2D eigenvalue weighted by Gasteiger charge is -2.41. The highest BCUT2D eigenvalue weighted by Gasteiger charge is 2.41. The van der Waals surface area contributed by atoms with Crippen molar-refractivity contribution in [3.8, 4) is 11.1 Å². The number of benzene rings is 2. The summed E-state index contributed by atoms with van der Waals surface area (Å²) in [6, 6.07) is 10.4. The average molecular weight is 511 g/mol. The summed E-state index contributed by atoms with van der Waals surface area (Å²) in [5.41, 5.74) is 10.7. The molecule has 1 fully saturated rings. The maximum atomic E-state index is 14.4. The number of aryl methyl sites for hydroxylation is 1. The second-order valence-corrected chi connectivity index (χ2v) is 10.5. The van der Waals surface area contributed by atoms with Gasteiger partial charge in [-0.1, -0.05) is 50.5 Å². The van der Waals surface area contributed by atoms with Gasteiger partial charge < -0.3 is 15.6 Å². The van der Waals surface area contributed by atoms with Crippen molar-refractivity contribution in [3.63, 3.8) is 0 Å². The topological polar surface area (TPSA) is 85.4 Å². The molecule has 1 unspecified atom stereocenters. The molecule has 1 aliphatic rings. The summed E-state index contributed by atoms with van der Waals surface area (Å²) in [6.45, 7) is 3.24. The van der Waals surface area contributed by atoms with Gasteiger partial charge in [-0.15, -0.1) is 11.3 Å². The summed E-state index contributed by atoms with van der Waals surface area (Å²) >= 11 is 1.67. The molecule has 0 aliphatic heterocycles. The number of hydrogen-bond acceptors (Lipinski definition) is 5. The van der Waals surface area contributed by atoms with Crippen molar-refractivity contribution in [2.75, 3.05) is 6.54 Å². The Balaban J connectivity index is 1.63. The van der Waals surface area contributed by atoms with E-state index in [1.54, 1.807) is 17.4 Å². The van der Waals surface area contributed by atoms with Gasteiger partial charge in [0, 0.05) is 6.20 Å². The quantitative estimate of drug-likeness (QED) is 0.292. The Hall–Kier alpha value is -2.61. The van der Waals surface area contributed by atoms with Crippen LogP contribution < -0.4 is 5.73 Å². The van der Waals surface area contributed by atoms with Crippen LogP contribution in [0.4, 0.5) is 4.39 Å². The van der Waals surface area contributed by atoms with Crippen LogP contribution in [0.2, 0.25) is 0 Å². The highest BCUT2D eigenvalue weighted by molar-refractivity contribution is 7.09. The second kappa shape index (κ2) is 12.1. The minimum absolute atomic E-state index is 0.325. The molecule has 1 atom stereocenters. The molecule has 192 valence electrons. The van der Waals surface area contributed by atoms with Crippen molar-refractivity contribution in [1.82, 2.24) is 4.98 Å². The zero-order valence-corrected chi connectivity index (χ0v) is 21.7. The summed E-state index contributed by atoms with van der Waals surface area (Å²) in [5.74, 6) is -1.53. The van der Waals surface area contributed by atoms with E-state index in [4.69, 9.17) is 10.5 Å². The van der Waals surface area contributed by atoms with Crippen molar-refractivity contribution >= 4 is 17.3 Å². The fraction of sp³-hybridized carbons (Fsp3) is 0.448. The summed E-state index contributed by atoms with van der Waals surface area (Å²) < 4.78 is 21.3. The normalized spacial score (nSPS) is 16.1. The maximum absolute atomic E-state index is 14.4. The summed E-state index contributed by atoms with van der Waals surface area (Å²) in [7, 11) is 0. The molecule has 0 bridgehead atoms. The fourth-order valence-electron chi connectivity index (χ4n) is 5.53. The number of aromatic carboxylic acids is 1. The van der Waals surface area contributed by atoms with Gasteiger partial charge in [0.25, 0.3) is 0 Å². The molecule has 0 saturated heterocycles. The molecule has 0 radical (unpaired) electrons. The molecule has 1 aliphatic carbocycles. The summed E-state index contributed by atoms with van der Waals surface area (Å²) in [4.78, 5) is 16.8.